The van der Waals surface area contributed by atoms with Crippen LogP contribution in [0.15, 0.2) is 11.6 Å². The van der Waals surface area contributed by atoms with Crippen molar-refractivity contribution in [2.24, 2.45) is 56.7 Å². The first-order chi connectivity index (χ1) is 18.1. The van der Waals surface area contributed by atoms with Gasteiger partial charge in [0.05, 0.1) is 31.3 Å². The molecule has 220 valence electrons. The molecule has 0 amide bonds. The first kappa shape index (κ1) is 28.2. The summed E-state index contributed by atoms with van der Waals surface area (Å²) in [6, 6.07) is 0. The maximum atomic E-state index is 13.5. The molecule has 6 aliphatic rings. The number of hydrogen-bond acceptors (Lipinski definition) is 5. The summed E-state index contributed by atoms with van der Waals surface area (Å²) in [4.78, 5) is 13.5. The fourth-order valence-corrected chi connectivity index (χ4v) is 12.0. The number of esters is 1. The maximum Gasteiger partial charge on any atom is 0.312 e. The summed E-state index contributed by atoms with van der Waals surface area (Å²) in [5.41, 5.74) is 1.14. The maximum absolute atomic E-state index is 13.5. The number of fused-ring (bicyclic) bond motifs is 9. The number of methoxy groups -OCH3 is 1. The zero-order valence-corrected chi connectivity index (χ0v) is 26.1. The Kier molecular flexibility index (Phi) is 6.20. The minimum Gasteiger partial charge on any atom is -0.469 e. The number of carbonyl (C=O) groups is 1. The molecule has 0 radical (unpaired) electrons. The number of allylic oxidation sites excluding steroid dienone is 2. The number of carbonyl (C=O) groups excluding carboxylic acids is 1. The fourth-order valence-electron chi connectivity index (χ4n) is 12.0. The van der Waals surface area contributed by atoms with E-state index in [-0.39, 0.29) is 45.1 Å². The van der Waals surface area contributed by atoms with Gasteiger partial charge < -0.3 is 19.3 Å². The third-order valence-corrected chi connectivity index (χ3v) is 14.4. The highest BCUT2D eigenvalue weighted by molar-refractivity contribution is 5.78. The second-order valence-corrected chi connectivity index (χ2v) is 16.3. The number of ether oxygens (including phenoxy) is 3. The molecule has 5 nitrogen and oxygen atoms in total. The number of hydrogen-bond donors (Lipinski definition) is 1. The summed E-state index contributed by atoms with van der Waals surface area (Å²) < 4.78 is 18.3. The van der Waals surface area contributed by atoms with Crippen molar-refractivity contribution in [1.82, 2.24) is 0 Å². The molecule has 4 saturated carbocycles. The van der Waals surface area contributed by atoms with Gasteiger partial charge in [-0.25, -0.2) is 0 Å². The van der Waals surface area contributed by atoms with Gasteiger partial charge in [-0.3, -0.25) is 4.79 Å². The fraction of sp³-hybridized carbons (Fsp3) is 0.912. The lowest BCUT2D eigenvalue weighted by Crippen LogP contribution is -2.70. The van der Waals surface area contributed by atoms with Gasteiger partial charge in [0.2, 0.25) is 0 Å². The summed E-state index contributed by atoms with van der Waals surface area (Å²) in [5.74, 6) is 1.62. The molecular formula is C34H54O5. The molecule has 6 rings (SSSR count). The van der Waals surface area contributed by atoms with Crippen LogP contribution in [0.1, 0.15) is 107 Å². The zero-order chi connectivity index (χ0) is 28.4. The predicted molar refractivity (Wildman–Crippen MR) is 152 cm³/mol. The van der Waals surface area contributed by atoms with E-state index in [1.54, 1.807) is 12.7 Å². The van der Waals surface area contributed by atoms with Crippen molar-refractivity contribution < 1.29 is 24.1 Å². The molecule has 5 fully saturated rings. The van der Waals surface area contributed by atoms with Crippen LogP contribution >= 0.6 is 0 Å². The van der Waals surface area contributed by atoms with Gasteiger partial charge in [0.25, 0.3) is 0 Å². The molecule has 5 aliphatic carbocycles. The molecule has 0 aromatic carbocycles. The van der Waals surface area contributed by atoms with Crippen LogP contribution in [0.4, 0.5) is 0 Å². The van der Waals surface area contributed by atoms with Crippen LogP contribution in [0.5, 0.6) is 0 Å². The van der Waals surface area contributed by atoms with Gasteiger partial charge in [0.15, 0.2) is 5.79 Å². The van der Waals surface area contributed by atoms with Gasteiger partial charge in [-0.1, -0.05) is 53.2 Å². The molecule has 1 aliphatic heterocycles. The molecule has 5 heteroatoms. The van der Waals surface area contributed by atoms with Gasteiger partial charge in [-0.05, 0) is 111 Å². The van der Waals surface area contributed by atoms with Crippen LogP contribution in [0.2, 0.25) is 0 Å². The number of rotatable bonds is 1. The molecule has 5 unspecified atom stereocenters. The van der Waals surface area contributed by atoms with E-state index in [1.807, 2.05) is 13.8 Å². The van der Waals surface area contributed by atoms with E-state index in [1.165, 1.54) is 6.42 Å². The highest BCUT2D eigenvalue weighted by atomic mass is 16.7. The van der Waals surface area contributed by atoms with E-state index >= 15 is 0 Å². The molecule has 0 aromatic rings. The monoisotopic (exact) mass is 542 g/mol. The van der Waals surface area contributed by atoms with Crippen LogP contribution in [-0.2, 0) is 19.0 Å². The smallest absolute Gasteiger partial charge is 0.312 e. The molecule has 0 aromatic heterocycles. The molecule has 1 saturated heterocycles. The zero-order valence-electron chi connectivity index (χ0n) is 26.1. The molecule has 1 N–H and O–H groups in total. The normalized spacial score (nSPS) is 56.1. The Bertz CT molecular complexity index is 1070. The summed E-state index contributed by atoms with van der Waals surface area (Å²) in [5, 5.41) is 11.7. The van der Waals surface area contributed by atoms with E-state index in [9.17, 15) is 9.90 Å². The minimum atomic E-state index is -0.653. The Morgan fingerprint density at radius 1 is 0.974 bits per heavy atom. The molecule has 39 heavy (non-hydrogen) atoms. The van der Waals surface area contributed by atoms with Gasteiger partial charge in [-0.2, -0.15) is 0 Å². The first-order valence-electron chi connectivity index (χ1n) is 15.9. The lowest BCUT2D eigenvalue weighted by Gasteiger charge is -2.72. The second kappa shape index (κ2) is 8.57. The minimum absolute atomic E-state index is 0.000727. The third-order valence-electron chi connectivity index (χ3n) is 14.4. The highest BCUT2D eigenvalue weighted by Gasteiger charge is 2.72. The van der Waals surface area contributed by atoms with Crippen molar-refractivity contribution in [1.29, 1.82) is 0 Å². The predicted octanol–water partition coefficient (Wildman–Crippen LogP) is 6.92. The lowest BCUT2D eigenvalue weighted by atomic mass is 9.33. The van der Waals surface area contributed by atoms with Crippen molar-refractivity contribution in [3.05, 3.63) is 11.6 Å². The van der Waals surface area contributed by atoms with Crippen LogP contribution in [0, 0.1) is 56.7 Å². The number of aliphatic hydroxyl groups excluding tert-OH is 1. The Hall–Kier alpha value is -0.910. The van der Waals surface area contributed by atoms with E-state index < -0.39 is 11.9 Å². The van der Waals surface area contributed by atoms with Crippen molar-refractivity contribution in [2.45, 2.75) is 125 Å². The van der Waals surface area contributed by atoms with Gasteiger partial charge >= 0.3 is 5.97 Å². The third kappa shape index (κ3) is 3.45. The van der Waals surface area contributed by atoms with Gasteiger partial charge in [-0.15, -0.1) is 0 Å². The Labute approximate surface area is 236 Å². The standard InChI is InChI=1S/C34H54O5/c1-20-12-15-34(28(36)37-9)17-16-32(7)22(26(34)21(20)2)10-11-25-30(5)18-23(35)27-31(6,19-38-29(3,4)39-27)24(30)13-14-33(25,32)8/h10,20-21,23-27,35H,11-19H2,1-9H3/t20-,21+,23?,24?,25?,26?,27?,30+,31-,32-,33-,34+/m1/s1. The number of aliphatic hydroxyl groups is 1. The quantitative estimate of drug-likeness (QED) is 0.288. The SMILES string of the molecule is COC(=O)[C@]12CC[C@@H](C)[C@H](C)C1C1=CCC3[C@@]4(C)CC(O)C5OC(C)(C)OC[C@]5(C)C4CC[C@@]3(C)[C@]1(C)CC2. The second-order valence-electron chi connectivity index (χ2n) is 16.3. The molecule has 12 atom stereocenters. The molecule has 1 heterocycles. The average Bonchev–Trinajstić information content (AvgIpc) is 2.87. The van der Waals surface area contributed by atoms with E-state index in [0.29, 0.717) is 30.3 Å². The summed E-state index contributed by atoms with van der Waals surface area (Å²) >= 11 is 0. The lowest BCUT2D eigenvalue weighted by molar-refractivity contribution is -0.368. The molecular weight excluding hydrogens is 488 g/mol. The van der Waals surface area contributed by atoms with Gasteiger partial charge in [0.1, 0.15) is 0 Å². The highest BCUT2D eigenvalue weighted by Crippen LogP contribution is 2.76. The van der Waals surface area contributed by atoms with Crippen molar-refractivity contribution >= 4 is 5.97 Å². The van der Waals surface area contributed by atoms with Crippen LogP contribution < -0.4 is 0 Å². The summed E-state index contributed by atoms with van der Waals surface area (Å²) in [7, 11) is 1.58. The van der Waals surface area contributed by atoms with E-state index in [0.717, 1.165) is 44.9 Å². The molecule has 0 bridgehead atoms. The average molecular weight is 543 g/mol. The van der Waals surface area contributed by atoms with Crippen molar-refractivity contribution in [3.63, 3.8) is 0 Å². The van der Waals surface area contributed by atoms with Crippen molar-refractivity contribution in [2.75, 3.05) is 13.7 Å². The Balaban J connectivity index is 1.42. The topological polar surface area (TPSA) is 65.0 Å². The molecule has 0 spiro atoms. The van der Waals surface area contributed by atoms with Gasteiger partial charge in [0, 0.05) is 5.41 Å². The Morgan fingerprint density at radius 3 is 2.38 bits per heavy atom. The van der Waals surface area contributed by atoms with Crippen LogP contribution in [0.3, 0.4) is 0 Å². The van der Waals surface area contributed by atoms with Crippen LogP contribution in [0.25, 0.3) is 0 Å². The first-order valence-corrected chi connectivity index (χ1v) is 15.9. The summed E-state index contributed by atoms with van der Waals surface area (Å²) in [6.45, 7) is 19.3. The largest absolute Gasteiger partial charge is 0.469 e. The van der Waals surface area contributed by atoms with E-state index in [4.69, 9.17) is 14.2 Å². The van der Waals surface area contributed by atoms with E-state index in [2.05, 4.69) is 47.6 Å². The summed E-state index contributed by atoms with van der Waals surface area (Å²) in [6.07, 6.45) is 10.1. The van der Waals surface area contributed by atoms with Crippen molar-refractivity contribution in [3.8, 4) is 0 Å². The Morgan fingerprint density at radius 2 is 1.69 bits per heavy atom. The van der Waals surface area contributed by atoms with Crippen LogP contribution in [-0.4, -0.2) is 42.8 Å².